The van der Waals surface area contributed by atoms with Crippen LogP contribution in [0.5, 0.6) is 0 Å². The monoisotopic (exact) mass is 343 g/mol. The highest BCUT2D eigenvalue weighted by atomic mass is 32.1. The summed E-state index contributed by atoms with van der Waals surface area (Å²) in [4.78, 5) is 23.8. The fourth-order valence-electron chi connectivity index (χ4n) is 4.53. The molecule has 1 N–H and O–H groups in total. The molecule has 0 bridgehead atoms. The fraction of sp³-hybridized carbons (Fsp3) is 0.647. The summed E-state index contributed by atoms with van der Waals surface area (Å²) < 4.78 is 0. The first-order valence-electron chi connectivity index (χ1n) is 8.85. The molecule has 126 valence electrons. The molecule has 2 aromatic rings. The molecule has 24 heavy (non-hydrogen) atoms. The highest BCUT2D eigenvalue weighted by Gasteiger charge is 2.51. The van der Waals surface area contributed by atoms with Gasteiger partial charge in [0.25, 0.3) is 5.91 Å². The third-order valence-electron chi connectivity index (χ3n) is 5.98. The van der Waals surface area contributed by atoms with Crippen LogP contribution in [0.2, 0.25) is 0 Å². The van der Waals surface area contributed by atoms with Crippen molar-refractivity contribution in [3.63, 3.8) is 0 Å². The Bertz CT molecular complexity index is 745. The van der Waals surface area contributed by atoms with Crippen molar-refractivity contribution >= 4 is 17.2 Å². The molecule has 3 fully saturated rings. The Hall–Kier alpha value is -1.76. The van der Waals surface area contributed by atoms with Gasteiger partial charge < -0.3 is 4.90 Å². The maximum atomic E-state index is 12.8. The second kappa shape index (κ2) is 5.37. The number of rotatable bonds is 3. The molecule has 1 aliphatic heterocycles. The summed E-state index contributed by atoms with van der Waals surface area (Å²) in [5.41, 5.74) is 2.47. The molecule has 2 aliphatic carbocycles. The maximum absolute atomic E-state index is 12.8. The van der Waals surface area contributed by atoms with E-state index < -0.39 is 0 Å². The molecule has 5 rings (SSSR count). The second-order valence-corrected chi connectivity index (χ2v) is 8.25. The van der Waals surface area contributed by atoms with Gasteiger partial charge in [-0.05, 0) is 31.1 Å². The van der Waals surface area contributed by atoms with Gasteiger partial charge >= 0.3 is 0 Å². The van der Waals surface area contributed by atoms with E-state index in [0.717, 1.165) is 24.7 Å². The Morgan fingerprint density at radius 3 is 2.88 bits per heavy atom. The maximum Gasteiger partial charge on any atom is 0.273 e. The summed E-state index contributed by atoms with van der Waals surface area (Å²) in [6, 6.07) is 0. The standard InChI is InChI=1S/C17H21N5OS/c23-16(13-8-24-10-18-13)22-7-12(17(9-22)5-1-2-6-17)15-19-14(20-21-15)11-3-4-11/h8,10-12H,1-7,9H2,(H,19,20,21). The average molecular weight is 343 g/mol. The van der Waals surface area contributed by atoms with Crippen LogP contribution in [-0.4, -0.2) is 44.1 Å². The average Bonchev–Trinajstić information content (AvgIpc) is 3.10. The summed E-state index contributed by atoms with van der Waals surface area (Å²) in [6.45, 7) is 1.56. The first-order valence-corrected chi connectivity index (χ1v) is 9.79. The highest BCUT2D eigenvalue weighted by Crippen LogP contribution is 2.53. The minimum atomic E-state index is 0.0620. The topological polar surface area (TPSA) is 74.8 Å². The number of nitrogens with one attached hydrogen (secondary N) is 1. The molecule has 3 heterocycles. The zero-order valence-electron chi connectivity index (χ0n) is 13.6. The molecule has 6 nitrogen and oxygen atoms in total. The van der Waals surface area contributed by atoms with Crippen molar-refractivity contribution in [1.82, 2.24) is 25.1 Å². The quantitative estimate of drug-likeness (QED) is 0.930. The summed E-state index contributed by atoms with van der Waals surface area (Å²) in [7, 11) is 0. The molecule has 2 saturated carbocycles. The Morgan fingerprint density at radius 2 is 2.17 bits per heavy atom. The minimum Gasteiger partial charge on any atom is -0.336 e. The number of aromatic amines is 1. The molecule has 0 radical (unpaired) electrons. The lowest BCUT2D eigenvalue weighted by atomic mass is 9.76. The summed E-state index contributed by atoms with van der Waals surface area (Å²) >= 11 is 1.47. The highest BCUT2D eigenvalue weighted by molar-refractivity contribution is 7.07. The van der Waals surface area contributed by atoms with E-state index in [2.05, 4.69) is 15.2 Å². The SMILES string of the molecule is O=C(c1cscn1)N1CC(c2nc(C3CC3)n[nH]2)C2(CCCC2)C1. The van der Waals surface area contributed by atoms with Crippen LogP contribution in [0.15, 0.2) is 10.9 Å². The van der Waals surface area contributed by atoms with E-state index in [9.17, 15) is 4.79 Å². The van der Waals surface area contributed by atoms with Crippen molar-refractivity contribution in [3.05, 3.63) is 28.2 Å². The van der Waals surface area contributed by atoms with Crippen molar-refractivity contribution in [1.29, 1.82) is 0 Å². The molecular weight excluding hydrogens is 322 g/mol. The van der Waals surface area contributed by atoms with Crippen LogP contribution < -0.4 is 0 Å². The van der Waals surface area contributed by atoms with Crippen LogP contribution in [0.4, 0.5) is 0 Å². The number of thiazole rings is 1. The van der Waals surface area contributed by atoms with Crippen LogP contribution in [0.25, 0.3) is 0 Å². The number of likely N-dealkylation sites (tertiary alicyclic amines) is 1. The molecule has 1 atom stereocenters. The number of nitrogens with zero attached hydrogens (tertiary/aromatic N) is 4. The predicted molar refractivity (Wildman–Crippen MR) is 90.0 cm³/mol. The molecule has 1 saturated heterocycles. The lowest BCUT2D eigenvalue weighted by Gasteiger charge is -2.28. The minimum absolute atomic E-state index is 0.0620. The Morgan fingerprint density at radius 1 is 1.33 bits per heavy atom. The molecule has 1 unspecified atom stereocenters. The van der Waals surface area contributed by atoms with Crippen LogP contribution in [0, 0.1) is 5.41 Å². The lowest BCUT2D eigenvalue weighted by Crippen LogP contribution is -2.31. The van der Waals surface area contributed by atoms with Crippen LogP contribution in [0.1, 0.15) is 72.5 Å². The number of amides is 1. The van der Waals surface area contributed by atoms with Crippen LogP contribution >= 0.6 is 11.3 Å². The zero-order valence-corrected chi connectivity index (χ0v) is 14.4. The van der Waals surface area contributed by atoms with Crippen molar-refractivity contribution in [2.75, 3.05) is 13.1 Å². The first kappa shape index (κ1) is 14.6. The number of hydrogen-bond donors (Lipinski definition) is 1. The van der Waals surface area contributed by atoms with Gasteiger partial charge in [-0.25, -0.2) is 9.97 Å². The van der Waals surface area contributed by atoms with Gasteiger partial charge in [-0.2, -0.15) is 5.10 Å². The van der Waals surface area contributed by atoms with E-state index in [1.165, 1.54) is 49.9 Å². The zero-order chi connectivity index (χ0) is 16.1. The van der Waals surface area contributed by atoms with Gasteiger partial charge in [0.05, 0.1) is 5.51 Å². The van der Waals surface area contributed by atoms with Gasteiger partial charge in [0.15, 0.2) is 5.82 Å². The number of carbonyl (C=O) groups excluding carboxylic acids is 1. The number of aromatic nitrogens is 4. The third kappa shape index (κ3) is 2.29. The lowest BCUT2D eigenvalue weighted by molar-refractivity contribution is 0.0768. The van der Waals surface area contributed by atoms with Crippen molar-refractivity contribution in [2.24, 2.45) is 5.41 Å². The van der Waals surface area contributed by atoms with Gasteiger partial charge in [-0.15, -0.1) is 11.3 Å². The van der Waals surface area contributed by atoms with Crippen molar-refractivity contribution in [3.8, 4) is 0 Å². The number of H-pyrrole nitrogens is 1. The van der Waals surface area contributed by atoms with Gasteiger partial charge in [0, 0.05) is 30.3 Å². The summed E-state index contributed by atoms with van der Waals surface area (Å²) in [6.07, 6.45) is 7.27. The normalized spacial score (nSPS) is 25.7. The second-order valence-electron chi connectivity index (χ2n) is 7.53. The van der Waals surface area contributed by atoms with Crippen LogP contribution in [-0.2, 0) is 0 Å². The Labute approximate surface area is 144 Å². The van der Waals surface area contributed by atoms with E-state index in [-0.39, 0.29) is 17.2 Å². The smallest absolute Gasteiger partial charge is 0.273 e. The Balaban J connectivity index is 1.44. The molecule has 7 heteroatoms. The predicted octanol–water partition coefficient (Wildman–Crippen LogP) is 2.94. The molecular formula is C17H21N5OS. The van der Waals surface area contributed by atoms with Crippen LogP contribution in [0.3, 0.4) is 0 Å². The molecule has 1 spiro atoms. The van der Waals surface area contributed by atoms with E-state index in [0.29, 0.717) is 11.6 Å². The molecule has 3 aliphatic rings. The molecule has 0 aromatic carbocycles. The van der Waals surface area contributed by atoms with Crippen molar-refractivity contribution < 1.29 is 4.79 Å². The van der Waals surface area contributed by atoms with E-state index in [1.807, 2.05) is 10.3 Å². The molecule has 2 aromatic heterocycles. The van der Waals surface area contributed by atoms with Gasteiger partial charge in [0.1, 0.15) is 11.5 Å². The van der Waals surface area contributed by atoms with Gasteiger partial charge in [-0.3, -0.25) is 9.89 Å². The largest absolute Gasteiger partial charge is 0.336 e. The third-order valence-corrected chi connectivity index (χ3v) is 6.56. The van der Waals surface area contributed by atoms with Gasteiger partial charge in [-0.1, -0.05) is 12.8 Å². The fourth-order valence-corrected chi connectivity index (χ4v) is 5.06. The van der Waals surface area contributed by atoms with Gasteiger partial charge in [0.2, 0.25) is 0 Å². The van der Waals surface area contributed by atoms with E-state index >= 15 is 0 Å². The number of hydrogen-bond acceptors (Lipinski definition) is 5. The summed E-state index contributed by atoms with van der Waals surface area (Å²) in [5, 5.41) is 9.49. The number of carbonyl (C=O) groups is 1. The first-order chi connectivity index (χ1) is 11.8. The molecule has 1 amide bonds. The van der Waals surface area contributed by atoms with E-state index in [1.54, 1.807) is 5.51 Å². The Kier molecular flexibility index (Phi) is 3.26. The van der Waals surface area contributed by atoms with E-state index in [4.69, 9.17) is 4.98 Å². The summed E-state index contributed by atoms with van der Waals surface area (Å²) in [5.74, 6) is 2.87. The van der Waals surface area contributed by atoms with Crippen molar-refractivity contribution in [2.45, 2.75) is 50.4 Å².